The van der Waals surface area contributed by atoms with E-state index >= 15 is 0 Å². The maximum absolute atomic E-state index is 11.2. The predicted octanol–water partition coefficient (Wildman–Crippen LogP) is 2.22. The Balaban J connectivity index is 3.83. The number of hydrogen-bond acceptors (Lipinski definition) is 3. The van der Waals surface area contributed by atoms with Gasteiger partial charge in [0.1, 0.15) is 0 Å². The van der Waals surface area contributed by atoms with Crippen LogP contribution in [-0.4, -0.2) is 12.1 Å². The fourth-order valence-corrected chi connectivity index (χ4v) is 1.17. The second kappa shape index (κ2) is 6.36. The Labute approximate surface area is 89.4 Å². The van der Waals surface area contributed by atoms with Crippen LogP contribution in [0, 0.1) is 0 Å². The van der Waals surface area contributed by atoms with Crippen molar-refractivity contribution in [2.45, 2.75) is 40.7 Å². The number of hydrogen-bond donors (Lipinski definition) is 0. The van der Waals surface area contributed by atoms with Gasteiger partial charge in [-0.25, -0.2) is 0 Å². The molecule has 0 aliphatic heterocycles. The molecule has 0 saturated carbocycles. The fraction of sp³-hybridized carbons (Fsp3) is 0.667. The zero-order valence-electron chi connectivity index (χ0n) is 8.80. The summed E-state index contributed by atoms with van der Waals surface area (Å²) in [6, 6.07) is 0. The van der Waals surface area contributed by atoms with E-state index in [-0.39, 0.29) is 12.1 Å². The van der Waals surface area contributed by atoms with Crippen LogP contribution in [0.5, 0.6) is 0 Å². The van der Waals surface area contributed by atoms with E-state index < -0.39 is 19.9 Å². The molecule has 0 aromatic heterocycles. The molecule has 4 heteroatoms. The molecule has 0 aromatic carbocycles. The number of carbonyl (C=O) groups is 1. The molecule has 74 valence electrons. The van der Waals surface area contributed by atoms with E-state index in [1.54, 1.807) is 6.92 Å². The van der Waals surface area contributed by atoms with Crippen LogP contribution >= 0.6 is 0 Å². The first-order valence-corrected chi connectivity index (χ1v) is 5.48. The summed E-state index contributed by atoms with van der Waals surface area (Å²) in [6.45, 7) is 9.38. The molecule has 0 unspecified atom stereocenters. The fourth-order valence-electron chi connectivity index (χ4n) is 0.439. The molecule has 0 aromatic rings. The van der Waals surface area contributed by atoms with Gasteiger partial charge in [-0.3, -0.25) is 0 Å². The Morgan fingerprint density at radius 3 is 2.15 bits per heavy atom. The van der Waals surface area contributed by atoms with Gasteiger partial charge in [-0.05, 0) is 0 Å². The molecule has 0 spiro atoms. The van der Waals surface area contributed by atoms with Gasteiger partial charge in [-0.15, -0.1) is 0 Å². The first-order chi connectivity index (χ1) is 5.95. The van der Waals surface area contributed by atoms with E-state index in [2.05, 4.69) is 0 Å². The molecule has 0 N–H and O–H groups in total. The van der Waals surface area contributed by atoms with Crippen molar-refractivity contribution in [1.82, 2.24) is 0 Å². The molecule has 0 fully saturated rings. The van der Waals surface area contributed by atoms with Gasteiger partial charge in [0, 0.05) is 0 Å². The molecule has 0 saturated heterocycles. The van der Waals surface area contributed by atoms with Crippen molar-refractivity contribution in [3.05, 3.63) is 11.1 Å². The maximum atomic E-state index is 11.2. The SMILES string of the molecule is CC(C)=C(C)C(=O)[O][Ti][O]C(C)C. The summed E-state index contributed by atoms with van der Waals surface area (Å²) in [5.41, 5.74) is 1.66. The summed E-state index contributed by atoms with van der Waals surface area (Å²) in [5, 5.41) is 0. The molecule has 0 heterocycles. The van der Waals surface area contributed by atoms with Crippen LogP contribution in [0.15, 0.2) is 11.1 Å². The van der Waals surface area contributed by atoms with E-state index in [1.165, 1.54) is 0 Å². The summed E-state index contributed by atoms with van der Waals surface area (Å²) >= 11 is -1.02. The van der Waals surface area contributed by atoms with Crippen molar-refractivity contribution in [1.29, 1.82) is 0 Å². The summed E-state index contributed by atoms with van der Waals surface area (Å²) in [7, 11) is 0. The summed E-state index contributed by atoms with van der Waals surface area (Å²) < 4.78 is 10.2. The minimum atomic E-state index is -1.02. The third-order valence-electron chi connectivity index (χ3n) is 1.47. The van der Waals surface area contributed by atoms with Gasteiger partial charge in [0.25, 0.3) is 0 Å². The van der Waals surface area contributed by atoms with E-state index in [9.17, 15) is 4.79 Å². The first kappa shape index (κ1) is 12.9. The van der Waals surface area contributed by atoms with Crippen LogP contribution in [0.25, 0.3) is 0 Å². The monoisotopic (exact) mass is 220 g/mol. The molecule has 13 heavy (non-hydrogen) atoms. The molecule has 0 bridgehead atoms. The van der Waals surface area contributed by atoms with Crippen LogP contribution in [-0.2, 0) is 31.4 Å². The standard InChI is InChI=1S/C6H10O2.C3H7O.Ti/c1-4(2)5(3)6(7)8;1-3(2)4;/h1-3H3,(H,7,8);3H,1-2H3;/q;-1;+2/p-1. The Hall–Kier alpha value is -0.116. The minimum absolute atomic E-state index is 0.139. The molecule has 3 nitrogen and oxygen atoms in total. The Bertz CT molecular complexity index is 205. The van der Waals surface area contributed by atoms with E-state index in [0.717, 1.165) is 5.57 Å². The second-order valence-corrected chi connectivity index (χ2v) is 4.21. The average molecular weight is 220 g/mol. The Morgan fingerprint density at radius 1 is 1.23 bits per heavy atom. The molecular weight excluding hydrogens is 204 g/mol. The first-order valence-electron chi connectivity index (χ1n) is 4.21. The van der Waals surface area contributed by atoms with Gasteiger partial charge in [-0.1, -0.05) is 0 Å². The predicted molar refractivity (Wildman–Crippen MR) is 46.4 cm³/mol. The summed E-state index contributed by atoms with van der Waals surface area (Å²) in [4.78, 5) is 11.2. The van der Waals surface area contributed by atoms with Crippen molar-refractivity contribution < 1.29 is 31.4 Å². The molecule has 0 aliphatic carbocycles. The number of allylic oxidation sites excluding steroid dienone is 1. The van der Waals surface area contributed by atoms with Gasteiger partial charge in [0.2, 0.25) is 0 Å². The number of carbonyl (C=O) groups excluding carboxylic acids is 1. The van der Waals surface area contributed by atoms with E-state index in [1.807, 2.05) is 27.7 Å². The zero-order valence-corrected chi connectivity index (χ0v) is 10.4. The summed E-state index contributed by atoms with van der Waals surface area (Å²) in [5.74, 6) is -0.249. The van der Waals surface area contributed by atoms with Crippen molar-refractivity contribution in [3.63, 3.8) is 0 Å². The van der Waals surface area contributed by atoms with Crippen LogP contribution in [0.2, 0.25) is 0 Å². The van der Waals surface area contributed by atoms with Gasteiger partial charge in [0.05, 0.1) is 0 Å². The van der Waals surface area contributed by atoms with Gasteiger partial charge in [-0.2, -0.15) is 0 Å². The van der Waals surface area contributed by atoms with Gasteiger partial charge >= 0.3 is 89.2 Å². The van der Waals surface area contributed by atoms with Crippen molar-refractivity contribution in [3.8, 4) is 0 Å². The van der Waals surface area contributed by atoms with Crippen LogP contribution in [0.1, 0.15) is 34.6 Å². The third-order valence-corrected chi connectivity index (χ3v) is 2.78. The van der Waals surface area contributed by atoms with Crippen LogP contribution in [0.3, 0.4) is 0 Å². The van der Waals surface area contributed by atoms with Crippen molar-refractivity contribution in [2.24, 2.45) is 0 Å². The topological polar surface area (TPSA) is 35.5 Å². The van der Waals surface area contributed by atoms with Crippen molar-refractivity contribution >= 4 is 5.97 Å². The molecule has 0 rings (SSSR count). The van der Waals surface area contributed by atoms with E-state index in [0.29, 0.717) is 5.57 Å². The normalized spacial score (nSPS) is 9.69. The van der Waals surface area contributed by atoms with Crippen molar-refractivity contribution in [2.75, 3.05) is 0 Å². The Kier molecular flexibility index (Phi) is 6.30. The van der Waals surface area contributed by atoms with Gasteiger partial charge in [0.15, 0.2) is 0 Å². The summed E-state index contributed by atoms with van der Waals surface area (Å²) in [6.07, 6.45) is 0.139. The Morgan fingerprint density at radius 2 is 1.77 bits per heavy atom. The van der Waals surface area contributed by atoms with E-state index in [4.69, 9.17) is 6.64 Å². The van der Waals surface area contributed by atoms with Gasteiger partial charge < -0.3 is 0 Å². The molecular formula is C9H16O3Ti. The van der Waals surface area contributed by atoms with Crippen LogP contribution < -0.4 is 0 Å². The molecule has 0 atom stereocenters. The molecule has 0 aliphatic rings. The second-order valence-electron chi connectivity index (χ2n) is 3.26. The molecule has 0 amide bonds. The number of rotatable bonds is 4. The van der Waals surface area contributed by atoms with Crippen LogP contribution in [0.4, 0.5) is 0 Å². The quantitative estimate of drug-likeness (QED) is 0.538. The average Bonchev–Trinajstić information content (AvgIpc) is 2.02. The molecule has 0 radical (unpaired) electrons. The zero-order chi connectivity index (χ0) is 10.4. The third kappa shape index (κ3) is 6.02.